The molecule has 2 aromatic heterocycles. The highest BCUT2D eigenvalue weighted by molar-refractivity contribution is 7.90. The van der Waals surface area contributed by atoms with Crippen molar-refractivity contribution in [2.45, 2.75) is 11.8 Å². The molecule has 2 heterocycles. The van der Waals surface area contributed by atoms with E-state index in [0.29, 0.717) is 39.5 Å². The molecule has 0 aliphatic rings. The minimum atomic E-state index is -3.48. The molecule has 0 saturated carbocycles. The van der Waals surface area contributed by atoms with Crippen molar-refractivity contribution in [2.24, 2.45) is 0 Å². The summed E-state index contributed by atoms with van der Waals surface area (Å²) in [7, 11) is -0.315. The van der Waals surface area contributed by atoms with Crippen LogP contribution in [0.2, 0.25) is 0 Å². The van der Waals surface area contributed by atoms with Gasteiger partial charge >= 0.3 is 0 Å². The molecule has 3 aromatic carbocycles. The second kappa shape index (κ2) is 10.7. The number of fused-ring (bicyclic) bond motifs is 1. The number of nitrogens with zero attached hydrogens (tertiary/aromatic N) is 3. The zero-order valence-electron chi connectivity index (χ0n) is 22.2. The molecule has 0 bridgehead atoms. The third-order valence-electron chi connectivity index (χ3n) is 6.33. The molecule has 40 heavy (non-hydrogen) atoms. The van der Waals surface area contributed by atoms with Crippen LogP contribution in [0.4, 0.5) is 23.1 Å². The van der Waals surface area contributed by atoms with Crippen molar-refractivity contribution < 1.29 is 17.9 Å². The lowest BCUT2D eigenvalue weighted by molar-refractivity contribution is 0.0963. The molecule has 0 saturated heterocycles. The van der Waals surface area contributed by atoms with Crippen LogP contribution in [-0.4, -0.2) is 54.9 Å². The van der Waals surface area contributed by atoms with Gasteiger partial charge in [-0.1, -0.05) is 24.3 Å². The minimum Gasteiger partial charge on any atom is -0.495 e. The Balaban J connectivity index is 1.50. The molecule has 0 aliphatic heterocycles. The number of nitrogens with one attached hydrogen (secondary N) is 4. The Labute approximate surface area is 230 Å². The number of aromatic nitrogens is 4. The number of hydrogen-bond acceptors (Lipinski definition) is 9. The van der Waals surface area contributed by atoms with E-state index in [1.807, 2.05) is 31.2 Å². The first-order chi connectivity index (χ1) is 19.2. The van der Waals surface area contributed by atoms with Crippen molar-refractivity contribution in [1.82, 2.24) is 25.5 Å². The quantitative estimate of drug-likeness (QED) is 0.215. The number of hydrogen-bond donors (Lipinski definition) is 4. The van der Waals surface area contributed by atoms with Gasteiger partial charge < -0.3 is 20.7 Å². The van der Waals surface area contributed by atoms with Gasteiger partial charge in [-0.25, -0.2) is 8.42 Å². The molecule has 5 aromatic rings. The second-order valence-electron chi connectivity index (χ2n) is 9.07. The number of carbonyl (C=O) groups excluding carboxylic acids is 1. The predicted octanol–water partition coefficient (Wildman–Crippen LogP) is 4.59. The lowest BCUT2D eigenvalue weighted by Crippen LogP contribution is -2.17. The highest BCUT2D eigenvalue weighted by atomic mass is 32.2. The molecular formula is C28H27N7O4S. The number of methoxy groups -OCH3 is 1. The van der Waals surface area contributed by atoms with E-state index in [2.05, 4.69) is 36.1 Å². The molecule has 5 rings (SSSR count). The predicted molar refractivity (Wildman–Crippen MR) is 154 cm³/mol. The Bertz CT molecular complexity index is 1830. The maximum Gasteiger partial charge on any atom is 0.251 e. The number of carbonyl (C=O) groups is 1. The number of rotatable bonds is 8. The van der Waals surface area contributed by atoms with Crippen molar-refractivity contribution in [2.75, 3.05) is 31.0 Å². The van der Waals surface area contributed by atoms with Gasteiger partial charge in [-0.2, -0.15) is 15.1 Å². The van der Waals surface area contributed by atoms with Crippen molar-refractivity contribution in [1.29, 1.82) is 0 Å². The minimum absolute atomic E-state index is 0.149. The first kappa shape index (κ1) is 26.6. The summed E-state index contributed by atoms with van der Waals surface area (Å²) in [6, 6.07) is 17.8. The van der Waals surface area contributed by atoms with Gasteiger partial charge in [0.1, 0.15) is 11.6 Å². The van der Waals surface area contributed by atoms with Crippen LogP contribution in [0.25, 0.3) is 22.2 Å². The van der Waals surface area contributed by atoms with E-state index in [1.165, 1.54) is 6.07 Å². The molecule has 0 radical (unpaired) electrons. The maximum absolute atomic E-state index is 12.3. The number of ether oxygens (including phenoxy) is 1. The number of amides is 1. The summed E-state index contributed by atoms with van der Waals surface area (Å²) in [4.78, 5) is 21.2. The van der Waals surface area contributed by atoms with Crippen LogP contribution in [-0.2, 0) is 9.84 Å². The van der Waals surface area contributed by atoms with E-state index in [4.69, 9.17) is 4.74 Å². The molecule has 12 heteroatoms. The third-order valence-corrected chi connectivity index (χ3v) is 7.48. The number of benzene rings is 3. The van der Waals surface area contributed by atoms with Gasteiger partial charge in [0.2, 0.25) is 5.95 Å². The van der Waals surface area contributed by atoms with Gasteiger partial charge in [-0.05, 0) is 60.0 Å². The van der Waals surface area contributed by atoms with Crippen LogP contribution in [0.1, 0.15) is 15.9 Å². The summed E-state index contributed by atoms with van der Waals surface area (Å²) < 4.78 is 30.3. The lowest BCUT2D eigenvalue weighted by Gasteiger charge is -2.16. The fraction of sp³-hybridized carbons (Fsp3) is 0.143. The molecule has 0 spiro atoms. The Kier molecular flexibility index (Phi) is 7.09. The highest BCUT2D eigenvalue weighted by Crippen LogP contribution is 2.36. The Morgan fingerprint density at radius 2 is 1.73 bits per heavy atom. The van der Waals surface area contributed by atoms with E-state index < -0.39 is 9.84 Å². The maximum atomic E-state index is 12.3. The van der Waals surface area contributed by atoms with Gasteiger partial charge in [0.05, 0.1) is 35.0 Å². The van der Waals surface area contributed by atoms with Crippen molar-refractivity contribution >= 4 is 49.9 Å². The summed E-state index contributed by atoms with van der Waals surface area (Å²) in [5, 5.41) is 16.5. The van der Waals surface area contributed by atoms with Gasteiger partial charge in [0.25, 0.3) is 5.91 Å². The van der Waals surface area contributed by atoms with Crippen LogP contribution < -0.4 is 20.7 Å². The summed E-state index contributed by atoms with van der Waals surface area (Å²) in [5.41, 5.74) is 4.88. The Hall–Kier alpha value is -4.97. The SMILES string of the molecule is CNC(=O)c1ccc(-c2cc(OC)c(Nc3nc(Nc4ccccc4S(C)(=O)=O)c4cn[nH]c4n3)cc2C)cc1. The molecule has 0 fully saturated rings. The molecule has 0 unspecified atom stereocenters. The first-order valence-electron chi connectivity index (χ1n) is 12.2. The number of aryl methyl sites for hydroxylation is 1. The van der Waals surface area contributed by atoms with Crippen molar-refractivity contribution in [3.05, 3.63) is 78.0 Å². The summed E-state index contributed by atoms with van der Waals surface area (Å²) >= 11 is 0. The molecule has 1 amide bonds. The largest absolute Gasteiger partial charge is 0.495 e. The second-order valence-corrected chi connectivity index (χ2v) is 11.1. The van der Waals surface area contributed by atoms with E-state index in [-0.39, 0.29) is 16.8 Å². The van der Waals surface area contributed by atoms with Crippen LogP contribution in [0.3, 0.4) is 0 Å². The average molecular weight is 558 g/mol. The zero-order chi connectivity index (χ0) is 28.4. The smallest absolute Gasteiger partial charge is 0.251 e. The first-order valence-corrected chi connectivity index (χ1v) is 14.1. The molecule has 204 valence electrons. The standard InChI is InChI=1S/C28H27N7O4S/c1-16-13-22(23(39-3)14-19(16)17-9-11-18(12-10-17)27(36)29-2)32-28-33-25(20-15-30-35-26(20)34-28)31-21-7-5-6-8-24(21)40(4,37)38/h5-15H,1-4H3,(H,29,36)(H3,30,31,32,33,34,35). The van der Waals surface area contributed by atoms with Gasteiger partial charge in [0.15, 0.2) is 15.5 Å². The molecule has 0 aliphatic carbocycles. The van der Waals surface area contributed by atoms with E-state index in [1.54, 1.807) is 50.7 Å². The fourth-order valence-electron chi connectivity index (χ4n) is 4.34. The summed E-state index contributed by atoms with van der Waals surface area (Å²) in [6.07, 6.45) is 2.72. The van der Waals surface area contributed by atoms with Crippen molar-refractivity contribution in [3.63, 3.8) is 0 Å². The van der Waals surface area contributed by atoms with E-state index >= 15 is 0 Å². The van der Waals surface area contributed by atoms with Crippen molar-refractivity contribution in [3.8, 4) is 16.9 Å². The van der Waals surface area contributed by atoms with Crippen LogP contribution >= 0.6 is 0 Å². The van der Waals surface area contributed by atoms with Crippen LogP contribution in [0.15, 0.2) is 71.8 Å². The monoisotopic (exact) mass is 557 g/mol. The number of aromatic amines is 1. The topological polar surface area (TPSA) is 151 Å². The normalized spacial score (nSPS) is 11.3. The number of sulfone groups is 1. The Morgan fingerprint density at radius 1 is 0.975 bits per heavy atom. The summed E-state index contributed by atoms with van der Waals surface area (Å²) in [5.74, 6) is 1.03. The van der Waals surface area contributed by atoms with E-state index in [0.717, 1.165) is 22.9 Å². The van der Waals surface area contributed by atoms with E-state index in [9.17, 15) is 13.2 Å². The Morgan fingerprint density at radius 3 is 2.42 bits per heavy atom. The van der Waals surface area contributed by atoms with Gasteiger partial charge in [0, 0.05) is 18.9 Å². The number of H-pyrrole nitrogens is 1. The van der Waals surface area contributed by atoms with Crippen LogP contribution in [0.5, 0.6) is 5.75 Å². The highest BCUT2D eigenvalue weighted by Gasteiger charge is 2.17. The number of para-hydroxylation sites is 1. The van der Waals surface area contributed by atoms with Gasteiger partial charge in [-0.15, -0.1) is 0 Å². The summed E-state index contributed by atoms with van der Waals surface area (Å²) in [6.45, 7) is 1.97. The third kappa shape index (κ3) is 5.29. The van der Waals surface area contributed by atoms with Gasteiger partial charge in [-0.3, -0.25) is 9.89 Å². The average Bonchev–Trinajstić information content (AvgIpc) is 3.42. The fourth-order valence-corrected chi connectivity index (χ4v) is 5.18. The van der Waals surface area contributed by atoms with Crippen LogP contribution in [0, 0.1) is 6.92 Å². The lowest BCUT2D eigenvalue weighted by atomic mass is 9.98. The molecule has 0 atom stereocenters. The molecule has 4 N–H and O–H groups in total. The molecule has 11 nitrogen and oxygen atoms in total. The number of anilines is 4. The zero-order valence-corrected chi connectivity index (χ0v) is 23.1. The molecular weight excluding hydrogens is 530 g/mol.